The topological polar surface area (TPSA) is 28.4 Å². The van der Waals surface area contributed by atoms with Crippen molar-refractivity contribution >= 4 is 0 Å². The first-order chi connectivity index (χ1) is 10.1. The Morgan fingerprint density at radius 1 is 1.14 bits per heavy atom. The van der Waals surface area contributed by atoms with E-state index in [-0.39, 0.29) is 11.5 Å². The van der Waals surface area contributed by atoms with Crippen LogP contribution >= 0.6 is 0 Å². The van der Waals surface area contributed by atoms with Gasteiger partial charge in [0.05, 0.1) is 12.1 Å². The Bertz CT molecular complexity index is 533. The summed E-state index contributed by atoms with van der Waals surface area (Å²) in [5, 5.41) is 10.5. The number of rotatable bonds is 1. The highest BCUT2D eigenvalue weighted by Gasteiger charge is 2.40. The van der Waals surface area contributed by atoms with Crippen molar-refractivity contribution in [2.24, 2.45) is 5.41 Å². The van der Waals surface area contributed by atoms with Crippen molar-refractivity contribution in [3.8, 4) is 0 Å². The number of hydrogen-bond donors (Lipinski definition) is 1. The predicted molar refractivity (Wildman–Crippen MR) is 84.4 cm³/mol. The molecule has 3 nitrogen and oxygen atoms in total. The summed E-state index contributed by atoms with van der Waals surface area (Å²) in [5.74, 6) is 0. The van der Waals surface area contributed by atoms with Crippen LogP contribution in [0.1, 0.15) is 69.4 Å². The van der Waals surface area contributed by atoms with Crippen LogP contribution in [0.5, 0.6) is 0 Å². The molecule has 0 amide bonds. The Labute approximate surface area is 127 Å². The molecule has 1 aromatic rings. The van der Waals surface area contributed by atoms with E-state index in [1.165, 1.54) is 50.0 Å². The molecule has 3 heterocycles. The van der Waals surface area contributed by atoms with Crippen molar-refractivity contribution in [1.29, 1.82) is 0 Å². The smallest absolute Gasteiger partial charge is 0.0812 e. The summed E-state index contributed by atoms with van der Waals surface area (Å²) in [6.07, 6.45) is 9.38. The molecule has 21 heavy (non-hydrogen) atoms. The average molecular weight is 288 g/mol. The molecule has 3 heteroatoms. The van der Waals surface area contributed by atoms with Crippen molar-refractivity contribution in [3.63, 3.8) is 0 Å². The van der Waals surface area contributed by atoms with Crippen LogP contribution in [0.25, 0.3) is 0 Å². The zero-order chi connectivity index (χ0) is 14.6. The first kappa shape index (κ1) is 13.8. The van der Waals surface area contributed by atoms with Crippen LogP contribution in [-0.4, -0.2) is 33.7 Å². The Hall–Kier alpha value is -0.800. The number of fused-ring (bicyclic) bond motifs is 2. The normalized spacial score (nSPS) is 35.5. The number of aromatic nitrogens is 1. The third-order valence-electron chi connectivity index (χ3n) is 5.99. The minimum absolute atomic E-state index is 0.216. The van der Waals surface area contributed by atoms with Gasteiger partial charge in [-0.2, -0.15) is 0 Å². The summed E-state index contributed by atoms with van der Waals surface area (Å²) >= 11 is 0. The molecule has 3 unspecified atom stereocenters. The molecule has 1 aliphatic carbocycles. The lowest BCUT2D eigenvalue weighted by Crippen LogP contribution is -2.38. The second-order valence-electron chi connectivity index (χ2n) is 8.14. The van der Waals surface area contributed by atoms with Crippen LogP contribution in [0, 0.1) is 5.41 Å². The van der Waals surface area contributed by atoms with Gasteiger partial charge in [0.25, 0.3) is 0 Å². The minimum atomic E-state index is -0.270. The molecule has 0 bridgehead atoms. The van der Waals surface area contributed by atoms with E-state index in [1.54, 1.807) is 0 Å². The van der Waals surface area contributed by atoms with Gasteiger partial charge < -0.3 is 9.67 Å². The average Bonchev–Trinajstić information content (AvgIpc) is 3.00. The molecular formula is C18H28N2O. The van der Waals surface area contributed by atoms with Crippen LogP contribution in [-0.2, 0) is 6.42 Å². The van der Waals surface area contributed by atoms with Crippen LogP contribution in [0.15, 0.2) is 12.3 Å². The van der Waals surface area contributed by atoms with E-state index in [0.29, 0.717) is 6.04 Å². The van der Waals surface area contributed by atoms with Gasteiger partial charge in [-0.15, -0.1) is 0 Å². The fourth-order valence-electron chi connectivity index (χ4n) is 5.01. The van der Waals surface area contributed by atoms with Crippen molar-refractivity contribution < 1.29 is 5.11 Å². The second-order valence-corrected chi connectivity index (χ2v) is 8.14. The minimum Gasteiger partial charge on any atom is -0.388 e. The predicted octanol–water partition coefficient (Wildman–Crippen LogP) is 3.29. The Morgan fingerprint density at radius 3 is 2.86 bits per heavy atom. The van der Waals surface area contributed by atoms with Gasteiger partial charge >= 0.3 is 0 Å². The van der Waals surface area contributed by atoms with Crippen molar-refractivity contribution in [1.82, 2.24) is 9.47 Å². The summed E-state index contributed by atoms with van der Waals surface area (Å²) in [6.45, 7) is 7.13. The summed E-state index contributed by atoms with van der Waals surface area (Å²) in [5.41, 5.74) is 2.83. The number of aliphatic hydroxyl groups excluding tert-OH is 1. The van der Waals surface area contributed by atoms with E-state index in [4.69, 9.17) is 0 Å². The summed E-state index contributed by atoms with van der Waals surface area (Å²) in [7, 11) is 0. The monoisotopic (exact) mass is 288 g/mol. The van der Waals surface area contributed by atoms with Crippen molar-refractivity contribution in [3.05, 3.63) is 23.5 Å². The van der Waals surface area contributed by atoms with Gasteiger partial charge in [-0.1, -0.05) is 20.3 Å². The first-order valence-corrected chi connectivity index (χ1v) is 8.67. The standard InChI is InChI=1S/C18H28N2O/c1-18(2)11-16-13(17(21)12-18)6-10-20(16)15-7-9-19-8-4-3-5-14(15)19/h6,10,14-15,17,21H,3-5,7-9,11-12H2,1-2H3. The van der Waals surface area contributed by atoms with Crippen LogP contribution in [0.2, 0.25) is 0 Å². The fourth-order valence-corrected chi connectivity index (χ4v) is 5.01. The van der Waals surface area contributed by atoms with Gasteiger partial charge in [0.1, 0.15) is 0 Å². The van der Waals surface area contributed by atoms with Gasteiger partial charge in [0.2, 0.25) is 0 Å². The molecule has 1 aromatic heterocycles. The fraction of sp³-hybridized carbons (Fsp3) is 0.778. The largest absolute Gasteiger partial charge is 0.388 e. The summed E-state index contributed by atoms with van der Waals surface area (Å²) in [4.78, 5) is 2.70. The van der Waals surface area contributed by atoms with E-state index in [9.17, 15) is 5.11 Å². The van der Waals surface area contributed by atoms with Gasteiger partial charge in [-0.05, 0) is 50.1 Å². The lowest BCUT2D eigenvalue weighted by Gasteiger charge is -2.37. The highest BCUT2D eigenvalue weighted by Crippen LogP contribution is 2.44. The molecular weight excluding hydrogens is 260 g/mol. The van der Waals surface area contributed by atoms with Crippen molar-refractivity contribution in [2.75, 3.05) is 13.1 Å². The molecule has 3 aliphatic rings. The Balaban J connectivity index is 1.68. The molecule has 0 radical (unpaired) electrons. The maximum atomic E-state index is 10.5. The third kappa shape index (κ3) is 2.25. The number of nitrogens with zero attached hydrogens (tertiary/aromatic N) is 2. The zero-order valence-electron chi connectivity index (χ0n) is 13.4. The van der Waals surface area contributed by atoms with E-state index < -0.39 is 0 Å². The molecule has 1 N–H and O–H groups in total. The van der Waals surface area contributed by atoms with Gasteiger partial charge in [-0.3, -0.25) is 4.90 Å². The molecule has 0 spiro atoms. The maximum absolute atomic E-state index is 10.5. The van der Waals surface area contributed by atoms with Crippen LogP contribution in [0.4, 0.5) is 0 Å². The molecule has 3 atom stereocenters. The van der Waals surface area contributed by atoms with Gasteiger partial charge in [0.15, 0.2) is 0 Å². The summed E-state index contributed by atoms with van der Waals surface area (Å²) in [6, 6.07) is 3.55. The lowest BCUT2D eigenvalue weighted by molar-refractivity contribution is 0.0963. The van der Waals surface area contributed by atoms with Crippen LogP contribution in [0.3, 0.4) is 0 Å². The highest BCUT2D eigenvalue weighted by molar-refractivity contribution is 5.30. The lowest BCUT2D eigenvalue weighted by atomic mass is 9.75. The Kier molecular flexibility index (Phi) is 3.20. The molecule has 2 fully saturated rings. The van der Waals surface area contributed by atoms with Gasteiger partial charge in [0, 0.05) is 30.0 Å². The SMILES string of the molecule is CC1(C)Cc2c(ccn2C2CCN3CCCCC23)C(O)C1. The van der Waals surface area contributed by atoms with Crippen molar-refractivity contribution in [2.45, 2.75) is 70.6 Å². The quantitative estimate of drug-likeness (QED) is 0.859. The second kappa shape index (κ2) is 4.85. The number of hydrogen-bond acceptors (Lipinski definition) is 2. The van der Waals surface area contributed by atoms with E-state index >= 15 is 0 Å². The Morgan fingerprint density at radius 2 is 2.00 bits per heavy atom. The maximum Gasteiger partial charge on any atom is 0.0812 e. The molecule has 2 aliphatic heterocycles. The first-order valence-electron chi connectivity index (χ1n) is 8.67. The van der Waals surface area contributed by atoms with Gasteiger partial charge in [-0.25, -0.2) is 0 Å². The van der Waals surface area contributed by atoms with E-state index in [1.807, 2.05) is 0 Å². The molecule has 4 rings (SSSR count). The molecule has 0 saturated carbocycles. The number of piperidine rings is 1. The van der Waals surface area contributed by atoms with Crippen LogP contribution < -0.4 is 0 Å². The highest BCUT2D eigenvalue weighted by atomic mass is 16.3. The summed E-state index contributed by atoms with van der Waals surface area (Å²) < 4.78 is 2.54. The third-order valence-corrected chi connectivity index (χ3v) is 5.99. The molecule has 2 saturated heterocycles. The van der Waals surface area contributed by atoms with E-state index in [0.717, 1.165) is 18.9 Å². The molecule has 116 valence electrons. The van der Waals surface area contributed by atoms with E-state index in [2.05, 4.69) is 35.6 Å². The zero-order valence-corrected chi connectivity index (χ0v) is 13.4. The number of aliphatic hydroxyl groups is 1. The molecule has 0 aromatic carbocycles.